The molecule has 0 saturated carbocycles. The lowest BCUT2D eigenvalue weighted by molar-refractivity contribution is 0.102. The number of aryl methyl sites for hydroxylation is 1. The molecule has 1 fully saturated rings. The first-order valence-corrected chi connectivity index (χ1v) is 18.2. The number of carbonyl (C=O) groups excluding carboxylic acids is 1. The molecular formula is C35H35F2N9O6S. The van der Waals surface area contributed by atoms with E-state index in [0.29, 0.717) is 37.8 Å². The zero-order valence-electron chi connectivity index (χ0n) is 29.1. The standard InChI is InChI=1S/C35H35F2N9O6S/c1-21(2)45-20-27(33(48)46(35(45)49)25-8-5-23(36)6-9-25)32(47)40-24-7-10-29(28(37)17-24)52-26-11-12-38-30(18-26)41-34-39-19-22(3)31(42-34)43-13-15-44(16-14-43)53(4,50)51/h5-12,17-21H,13-16H2,1-4H3,(H,40,47)(H,38,39,41,42). The van der Waals surface area contributed by atoms with Gasteiger partial charge in [-0.05, 0) is 63.2 Å². The Morgan fingerprint density at radius 2 is 1.68 bits per heavy atom. The van der Waals surface area contributed by atoms with Crippen LogP contribution in [0.2, 0.25) is 0 Å². The van der Waals surface area contributed by atoms with Crippen molar-refractivity contribution in [2.24, 2.45) is 0 Å². The number of ether oxygens (including phenoxy) is 1. The molecule has 0 spiro atoms. The molecule has 4 heterocycles. The van der Waals surface area contributed by atoms with E-state index in [-0.39, 0.29) is 34.4 Å². The lowest BCUT2D eigenvalue weighted by Gasteiger charge is -2.34. The number of amides is 1. The summed E-state index contributed by atoms with van der Waals surface area (Å²) in [6, 6.07) is 11.0. The Morgan fingerprint density at radius 1 is 0.962 bits per heavy atom. The second kappa shape index (κ2) is 14.9. The molecule has 2 aromatic carbocycles. The van der Waals surface area contributed by atoms with Crippen LogP contribution in [-0.2, 0) is 10.0 Å². The summed E-state index contributed by atoms with van der Waals surface area (Å²) in [5.74, 6) is -1.05. The highest BCUT2D eigenvalue weighted by Crippen LogP contribution is 2.29. The number of sulfonamides is 1. The molecule has 0 aliphatic carbocycles. The molecule has 53 heavy (non-hydrogen) atoms. The maximum Gasteiger partial charge on any atom is 0.335 e. The van der Waals surface area contributed by atoms with Crippen molar-refractivity contribution < 1.29 is 26.7 Å². The molecule has 0 unspecified atom stereocenters. The Hall–Kier alpha value is -6.01. The zero-order chi connectivity index (χ0) is 38.0. The molecule has 1 amide bonds. The Morgan fingerprint density at radius 3 is 2.34 bits per heavy atom. The number of anilines is 4. The number of pyridine rings is 1. The first-order chi connectivity index (χ1) is 25.2. The van der Waals surface area contributed by atoms with Gasteiger partial charge >= 0.3 is 5.69 Å². The van der Waals surface area contributed by atoms with Gasteiger partial charge < -0.3 is 20.3 Å². The highest BCUT2D eigenvalue weighted by molar-refractivity contribution is 7.88. The average molecular weight is 748 g/mol. The van der Waals surface area contributed by atoms with Crippen LogP contribution in [0.5, 0.6) is 11.5 Å². The van der Waals surface area contributed by atoms with Crippen LogP contribution in [0.15, 0.2) is 82.8 Å². The fraction of sp³-hybridized carbons (Fsp3) is 0.257. The van der Waals surface area contributed by atoms with E-state index in [1.54, 1.807) is 20.0 Å². The smallest absolute Gasteiger partial charge is 0.335 e. The van der Waals surface area contributed by atoms with Crippen molar-refractivity contribution in [3.63, 3.8) is 0 Å². The van der Waals surface area contributed by atoms with Crippen molar-refractivity contribution in [2.75, 3.05) is 48.0 Å². The summed E-state index contributed by atoms with van der Waals surface area (Å²) in [7, 11) is -3.28. The molecule has 3 aromatic heterocycles. The predicted molar refractivity (Wildman–Crippen MR) is 194 cm³/mol. The van der Waals surface area contributed by atoms with Gasteiger partial charge in [0.05, 0.1) is 11.9 Å². The van der Waals surface area contributed by atoms with Crippen molar-refractivity contribution in [3.05, 3.63) is 117 Å². The second-order valence-corrected chi connectivity index (χ2v) is 14.5. The Bertz CT molecular complexity index is 2410. The Balaban J connectivity index is 1.16. The lowest BCUT2D eigenvalue weighted by Crippen LogP contribution is -2.48. The van der Waals surface area contributed by atoms with E-state index >= 15 is 4.39 Å². The van der Waals surface area contributed by atoms with Crippen molar-refractivity contribution in [1.82, 2.24) is 28.4 Å². The van der Waals surface area contributed by atoms with Gasteiger partial charge in [-0.3, -0.25) is 14.2 Å². The normalized spacial score (nSPS) is 13.6. The van der Waals surface area contributed by atoms with Crippen LogP contribution in [0, 0.1) is 18.6 Å². The number of hydrogen-bond acceptors (Lipinski definition) is 11. The zero-order valence-corrected chi connectivity index (χ0v) is 29.9. The SMILES string of the molecule is Cc1cnc(Nc2cc(Oc3ccc(NC(=O)c4cn(C(C)C)c(=O)n(-c5ccc(F)cc5)c4=O)cc3F)ccn2)nc1N1CCN(S(C)(=O)=O)CC1. The van der Waals surface area contributed by atoms with Crippen LogP contribution in [-0.4, -0.2) is 75.2 Å². The molecule has 5 aromatic rings. The van der Waals surface area contributed by atoms with Crippen LogP contribution in [0.25, 0.3) is 5.69 Å². The van der Waals surface area contributed by atoms with E-state index in [9.17, 15) is 27.2 Å². The first kappa shape index (κ1) is 36.8. The van der Waals surface area contributed by atoms with E-state index in [0.717, 1.165) is 34.5 Å². The number of halogens is 2. The van der Waals surface area contributed by atoms with E-state index in [1.165, 1.54) is 57.7 Å². The highest BCUT2D eigenvalue weighted by atomic mass is 32.2. The van der Waals surface area contributed by atoms with Crippen LogP contribution in [0.3, 0.4) is 0 Å². The third kappa shape index (κ3) is 8.23. The molecule has 18 heteroatoms. The van der Waals surface area contributed by atoms with Gasteiger partial charge in [0, 0.05) is 74.2 Å². The molecule has 2 N–H and O–H groups in total. The van der Waals surface area contributed by atoms with Crippen molar-refractivity contribution in [1.29, 1.82) is 0 Å². The molecule has 1 saturated heterocycles. The number of aromatic nitrogens is 5. The van der Waals surface area contributed by atoms with Gasteiger partial charge in [-0.2, -0.15) is 9.29 Å². The number of piperazine rings is 1. The summed E-state index contributed by atoms with van der Waals surface area (Å²) < 4.78 is 61.8. The maximum absolute atomic E-state index is 15.3. The van der Waals surface area contributed by atoms with Crippen LogP contribution < -0.4 is 31.5 Å². The fourth-order valence-electron chi connectivity index (χ4n) is 5.61. The molecule has 0 atom stereocenters. The van der Waals surface area contributed by atoms with Gasteiger partial charge in [-0.25, -0.2) is 36.5 Å². The third-order valence-corrected chi connectivity index (χ3v) is 9.64. The van der Waals surface area contributed by atoms with E-state index in [4.69, 9.17) is 4.74 Å². The van der Waals surface area contributed by atoms with Gasteiger partial charge in [-0.15, -0.1) is 0 Å². The monoisotopic (exact) mass is 747 g/mol. The molecule has 0 radical (unpaired) electrons. The highest BCUT2D eigenvalue weighted by Gasteiger charge is 2.25. The molecule has 6 rings (SSSR count). The first-order valence-electron chi connectivity index (χ1n) is 16.4. The summed E-state index contributed by atoms with van der Waals surface area (Å²) >= 11 is 0. The summed E-state index contributed by atoms with van der Waals surface area (Å²) in [4.78, 5) is 55.0. The number of benzene rings is 2. The minimum Gasteiger partial charge on any atom is -0.454 e. The molecule has 1 aliphatic rings. The Labute approximate surface area is 302 Å². The number of hydrogen-bond donors (Lipinski definition) is 2. The largest absolute Gasteiger partial charge is 0.454 e. The van der Waals surface area contributed by atoms with Crippen LogP contribution in [0.1, 0.15) is 35.8 Å². The molecule has 0 bridgehead atoms. The summed E-state index contributed by atoms with van der Waals surface area (Å²) in [6.07, 6.45) is 5.41. The van der Waals surface area contributed by atoms with E-state index < -0.39 is 44.9 Å². The minimum atomic E-state index is -3.28. The predicted octanol–water partition coefficient (Wildman–Crippen LogP) is 4.22. The van der Waals surface area contributed by atoms with Gasteiger partial charge in [0.2, 0.25) is 16.0 Å². The molecule has 1 aliphatic heterocycles. The van der Waals surface area contributed by atoms with Gasteiger partial charge in [-0.1, -0.05) is 0 Å². The number of nitrogens with one attached hydrogen (secondary N) is 2. The quantitative estimate of drug-likeness (QED) is 0.210. The van der Waals surface area contributed by atoms with Crippen LogP contribution >= 0.6 is 0 Å². The molecule has 15 nitrogen and oxygen atoms in total. The van der Waals surface area contributed by atoms with E-state index in [2.05, 4.69) is 25.6 Å². The lowest BCUT2D eigenvalue weighted by atomic mass is 10.2. The minimum absolute atomic E-state index is 0.0111. The summed E-state index contributed by atoms with van der Waals surface area (Å²) in [6.45, 7) is 6.85. The Kier molecular flexibility index (Phi) is 10.4. The van der Waals surface area contributed by atoms with Crippen molar-refractivity contribution in [3.8, 4) is 17.2 Å². The number of carbonyl (C=O) groups is 1. The maximum atomic E-state index is 15.3. The third-order valence-electron chi connectivity index (χ3n) is 8.34. The number of rotatable bonds is 10. The van der Waals surface area contributed by atoms with Gasteiger partial charge in [0.1, 0.15) is 28.8 Å². The molecular weight excluding hydrogens is 713 g/mol. The second-order valence-electron chi connectivity index (χ2n) is 12.5. The summed E-state index contributed by atoms with van der Waals surface area (Å²) in [5.41, 5.74) is -1.14. The van der Waals surface area contributed by atoms with Crippen molar-refractivity contribution >= 4 is 39.2 Å². The molecule has 276 valence electrons. The van der Waals surface area contributed by atoms with Crippen LogP contribution in [0.4, 0.5) is 32.1 Å². The van der Waals surface area contributed by atoms with E-state index in [1.807, 2.05) is 11.8 Å². The van der Waals surface area contributed by atoms with Gasteiger partial charge in [0.25, 0.3) is 11.5 Å². The fourth-order valence-corrected chi connectivity index (χ4v) is 6.43. The van der Waals surface area contributed by atoms with Gasteiger partial charge in [0.15, 0.2) is 11.6 Å². The number of nitrogens with zero attached hydrogens (tertiary/aromatic N) is 7. The van der Waals surface area contributed by atoms with Crippen molar-refractivity contribution in [2.45, 2.75) is 26.8 Å². The topological polar surface area (TPSA) is 174 Å². The average Bonchev–Trinajstić information content (AvgIpc) is 3.11. The summed E-state index contributed by atoms with van der Waals surface area (Å²) in [5, 5.41) is 5.51.